The summed E-state index contributed by atoms with van der Waals surface area (Å²) in [6.07, 6.45) is 1.73. The lowest BCUT2D eigenvalue weighted by Gasteiger charge is -2.16. The molecule has 8 heteroatoms. The van der Waals surface area contributed by atoms with Crippen LogP contribution in [0.2, 0.25) is 0 Å². The number of benzene rings is 2. The summed E-state index contributed by atoms with van der Waals surface area (Å²) in [5.41, 5.74) is 4.82. The van der Waals surface area contributed by atoms with Crippen molar-refractivity contribution in [1.29, 1.82) is 0 Å². The molecule has 2 amide bonds. The van der Waals surface area contributed by atoms with Crippen LogP contribution < -0.4 is 5.56 Å². The summed E-state index contributed by atoms with van der Waals surface area (Å²) in [4.78, 5) is 45.3. The van der Waals surface area contributed by atoms with E-state index in [1.165, 1.54) is 4.90 Å². The van der Waals surface area contributed by atoms with Crippen LogP contribution in [0.5, 0.6) is 0 Å². The number of aryl methyl sites for hydroxylation is 3. The van der Waals surface area contributed by atoms with Crippen molar-refractivity contribution in [2.75, 3.05) is 0 Å². The van der Waals surface area contributed by atoms with Gasteiger partial charge in [0.05, 0.1) is 22.4 Å². The summed E-state index contributed by atoms with van der Waals surface area (Å²) in [5.74, 6) is 0.243. The lowest BCUT2D eigenvalue weighted by molar-refractivity contribution is -0.123. The molecular weight excluding hydrogens is 460 g/mol. The fraction of sp³-hybridized carbons (Fsp3) is 0.185. The minimum absolute atomic E-state index is 0.167. The van der Waals surface area contributed by atoms with Crippen molar-refractivity contribution in [2.24, 2.45) is 0 Å². The zero-order valence-corrected chi connectivity index (χ0v) is 20.7. The molecule has 3 heterocycles. The Hall–Kier alpha value is -3.91. The van der Waals surface area contributed by atoms with Crippen LogP contribution in [0.1, 0.15) is 33.9 Å². The van der Waals surface area contributed by atoms with Gasteiger partial charge in [-0.25, -0.2) is 4.98 Å². The number of imide groups is 1. The molecule has 0 radical (unpaired) electrons. The van der Waals surface area contributed by atoms with Crippen LogP contribution in [0.4, 0.5) is 4.79 Å². The van der Waals surface area contributed by atoms with Crippen molar-refractivity contribution in [2.45, 2.75) is 34.2 Å². The van der Waals surface area contributed by atoms with E-state index in [-0.39, 0.29) is 23.3 Å². The standard InChI is InChI=1S/C27H24N4O3S/c1-16-8-7-9-20(12-16)15-29-26(33)24(35-27(29)34)14-21-13-17(2)30(18(21)3)31-19(4)28-23-11-6-5-10-22(23)25(31)32/h5-14H,15H2,1-4H3. The number of thioether (sulfide) groups is 1. The first-order valence-electron chi connectivity index (χ1n) is 11.2. The van der Waals surface area contributed by atoms with Gasteiger partial charge in [-0.05, 0) is 74.9 Å². The van der Waals surface area contributed by atoms with Gasteiger partial charge in [0.15, 0.2) is 0 Å². The van der Waals surface area contributed by atoms with E-state index in [1.807, 2.05) is 69.3 Å². The lowest BCUT2D eigenvalue weighted by atomic mass is 10.1. The monoisotopic (exact) mass is 484 g/mol. The van der Waals surface area contributed by atoms with Crippen molar-refractivity contribution < 1.29 is 9.59 Å². The van der Waals surface area contributed by atoms with E-state index in [1.54, 1.807) is 28.4 Å². The number of para-hydroxylation sites is 1. The van der Waals surface area contributed by atoms with Gasteiger partial charge >= 0.3 is 0 Å². The van der Waals surface area contributed by atoms with Gasteiger partial charge in [-0.3, -0.25) is 24.0 Å². The zero-order chi connectivity index (χ0) is 24.9. The predicted octanol–water partition coefficient (Wildman–Crippen LogP) is 4.98. The molecule has 1 aliphatic heterocycles. The summed E-state index contributed by atoms with van der Waals surface area (Å²) in [6.45, 7) is 7.79. The molecule has 4 aromatic rings. The number of fused-ring (bicyclic) bond motifs is 1. The Morgan fingerprint density at radius 3 is 2.46 bits per heavy atom. The quantitative estimate of drug-likeness (QED) is 0.382. The van der Waals surface area contributed by atoms with Gasteiger partial charge in [-0.1, -0.05) is 42.0 Å². The molecular formula is C27H24N4O3S. The van der Waals surface area contributed by atoms with E-state index in [4.69, 9.17) is 0 Å². The van der Waals surface area contributed by atoms with Gasteiger partial charge in [0.2, 0.25) is 0 Å². The molecule has 0 unspecified atom stereocenters. The van der Waals surface area contributed by atoms with Crippen LogP contribution in [-0.4, -0.2) is 30.4 Å². The number of aromatic nitrogens is 3. The summed E-state index contributed by atoms with van der Waals surface area (Å²) >= 11 is 0.936. The molecule has 5 rings (SSSR count). The topological polar surface area (TPSA) is 77.2 Å². The minimum Gasteiger partial charge on any atom is -0.268 e. The molecule has 2 aromatic carbocycles. The van der Waals surface area contributed by atoms with Crippen molar-refractivity contribution in [1.82, 2.24) is 19.2 Å². The molecule has 0 atom stereocenters. The molecule has 1 saturated heterocycles. The van der Waals surface area contributed by atoms with Gasteiger partial charge < -0.3 is 0 Å². The number of nitrogens with zero attached hydrogens (tertiary/aromatic N) is 4. The Morgan fingerprint density at radius 2 is 1.69 bits per heavy atom. The van der Waals surface area contributed by atoms with E-state index in [2.05, 4.69) is 4.98 Å². The van der Waals surface area contributed by atoms with Crippen LogP contribution in [0, 0.1) is 27.7 Å². The fourth-order valence-corrected chi connectivity index (χ4v) is 5.30. The van der Waals surface area contributed by atoms with Crippen LogP contribution in [-0.2, 0) is 11.3 Å². The highest BCUT2D eigenvalue weighted by atomic mass is 32.2. The van der Waals surface area contributed by atoms with Crippen molar-refractivity contribution >= 4 is 39.9 Å². The molecule has 35 heavy (non-hydrogen) atoms. The maximum Gasteiger partial charge on any atom is 0.293 e. The van der Waals surface area contributed by atoms with E-state index >= 15 is 0 Å². The highest BCUT2D eigenvalue weighted by Gasteiger charge is 2.35. The second kappa shape index (κ2) is 8.70. The Labute approximate surface area is 206 Å². The van der Waals surface area contributed by atoms with Gasteiger partial charge in [0.1, 0.15) is 5.82 Å². The van der Waals surface area contributed by atoms with Crippen LogP contribution in [0.15, 0.2) is 64.3 Å². The third kappa shape index (κ3) is 4.00. The highest BCUT2D eigenvalue weighted by Crippen LogP contribution is 2.34. The minimum atomic E-state index is -0.313. The lowest BCUT2D eigenvalue weighted by Crippen LogP contribution is -2.30. The predicted molar refractivity (Wildman–Crippen MR) is 138 cm³/mol. The van der Waals surface area contributed by atoms with Gasteiger partial charge in [-0.15, -0.1) is 0 Å². The van der Waals surface area contributed by atoms with E-state index in [0.29, 0.717) is 21.6 Å². The molecule has 2 aromatic heterocycles. The number of rotatable bonds is 4. The second-order valence-corrected chi connectivity index (χ2v) is 9.68. The van der Waals surface area contributed by atoms with Gasteiger partial charge in [0, 0.05) is 11.4 Å². The molecule has 1 aliphatic rings. The smallest absolute Gasteiger partial charge is 0.268 e. The average Bonchev–Trinajstić information content (AvgIpc) is 3.24. The van der Waals surface area contributed by atoms with E-state index in [0.717, 1.165) is 39.8 Å². The molecule has 0 bridgehead atoms. The highest BCUT2D eigenvalue weighted by molar-refractivity contribution is 8.18. The summed E-state index contributed by atoms with van der Waals surface area (Å²) < 4.78 is 3.35. The summed E-state index contributed by atoms with van der Waals surface area (Å²) in [7, 11) is 0. The first-order valence-corrected chi connectivity index (χ1v) is 12.0. The van der Waals surface area contributed by atoms with Crippen LogP contribution in [0.25, 0.3) is 17.0 Å². The molecule has 0 aliphatic carbocycles. The fourth-order valence-electron chi connectivity index (χ4n) is 4.47. The molecule has 1 fully saturated rings. The number of amides is 2. The van der Waals surface area contributed by atoms with Crippen molar-refractivity contribution in [3.05, 3.63) is 104 Å². The van der Waals surface area contributed by atoms with E-state index < -0.39 is 0 Å². The number of carbonyl (C=O) groups excluding carboxylic acids is 2. The second-order valence-electron chi connectivity index (χ2n) is 8.69. The van der Waals surface area contributed by atoms with Crippen LogP contribution in [0.3, 0.4) is 0 Å². The van der Waals surface area contributed by atoms with Gasteiger partial charge in [0.25, 0.3) is 16.7 Å². The zero-order valence-electron chi connectivity index (χ0n) is 19.9. The maximum atomic E-state index is 13.3. The van der Waals surface area contributed by atoms with Crippen molar-refractivity contribution in [3.8, 4) is 0 Å². The first-order chi connectivity index (χ1) is 16.7. The Balaban J connectivity index is 1.52. The number of hydrogen-bond acceptors (Lipinski definition) is 5. The Morgan fingerprint density at radius 1 is 0.914 bits per heavy atom. The molecule has 7 nitrogen and oxygen atoms in total. The van der Waals surface area contributed by atoms with Gasteiger partial charge in [-0.2, -0.15) is 4.68 Å². The average molecular weight is 485 g/mol. The number of carbonyl (C=O) groups is 2. The van der Waals surface area contributed by atoms with Crippen LogP contribution >= 0.6 is 11.8 Å². The molecule has 176 valence electrons. The third-order valence-electron chi connectivity index (χ3n) is 6.13. The molecule has 0 spiro atoms. The van der Waals surface area contributed by atoms with E-state index in [9.17, 15) is 14.4 Å². The molecule has 0 N–H and O–H groups in total. The maximum absolute atomic E-state index is 13.3. The normalized spacial score (nSPS) is 15.1. The third-order valence-corrected chi connectivity index (χ3v) is 7.04. The number of hydrogen-bond donors (Lipinski definition) is 0. The first kappa shape index (κ1) is 22.9. The van der Waals surface area contributed by atoms with Crippen molar-refractivity contribution in [3.63, 3.8) is 0 Å². The Kier molecular flexibility index (Phi) is 5.68. The Bertz CT molecular complexity index is 1610. The largest absolute Gasteiger partial charge is 0.293 e. The summed E-state index contributed by atoms with van der Waals surface area (Å²) in [5, 5.41) is 0.242. The SMILES string of the molecule is Cc1cccc(CN2C(=O)SC(=Cc3cc(C)n(-n4c(C)nc5ccccc5c4=O)c3C)C2=O)c1. The summed E-state index contributed by atoms with van der Waals surface area (Å²) in [6, 6.07) is 16.9. The molecule has 0 saturated carbocycles.